The standard InChI is InChI=1S/C14H16ClF2NO/c15-10-5-11(16)14(12(17)6-10)19-13(8-1-2-8)9-3-4-18-7-9/h5-6,8-9,13,18H,1-4,7H2/t9-,13?/m0/s1. The summed E-state index contributed by atoms with van der Waals surface area (Å²) in [5.41, 5.74) is 0. The summed E-state index contributed by atoms with van der Waals surface area (Å²) in [7, 11) is 0. The fourth-order valence-corrected chi connectivity index (χ4v) is 2.93. The van der Waals surface area contributed by atoms with Crippen LogP contribution in [0.5, 0.6) is 5.75 Å². The van der Waals surface area contributed by atoms with Gasteiger partial charge in [-0.3, -0.25) is 0 Å². The van der Waals surface area contributed by atoms with Crippen molar-refractivity contribution in [2.24, 2.45) is 11.8 Å². The highest BCUT2D eigenvalue weighted by atomic mass is 35.5. The normalized spacial score (nSPS) is 24.5. The van der Waals surface area contributed by atoms with Crippen molar-refractivity contribution in [1.82, 2.24) is 5.32 Å². The van der Waals surface area contributed by atoms with E-state index in [1.807, 2.05) is 0 Å². The summed E-state index contributed by atoms with van der Waals surface area (Å²) in [4.78, 5) is 0. The average Bonchev–Trinajstić information content (AvgIpc) is 3.03. The predicted octanol–water partition coefficient (Wildman–Crippen LogP) is 3.39. The molecule has 1 aromatic rings. The molecule has 19 heavy (non-hydrogen) atoms. The van der Waals surface area contributed by atoms with Gasteiger partial charge in [-0.25, -0.2) is 8.78 Å². The predicted molar refractivity (Wildman–Crippen MR) is 69.5 cm³/mol. The van der Waals surface area contributed by atoms with E-state index in [0.29, 0.717) is 11.8 Å². The first-order valence-corrected chi connectivity index (χ1v) is 7.05. The third-order valence-electron chi connectivity index (χ3n) is 3.87. The fraction of sp³-hybridized carbons (Fsp3) is 0.571. The van der Waals surface area contributed by atoms with Crippen molar-refractivity contribution in [2.45, 2.75) is 25.4 Å². The SMILES string of the molecule is Fc1cc(Cl)cc(F)c1OC(C1CC1)[C@H]1CCNC1. The van der Waals surface area contributed by atoms with Crippen LogP contribution in [0.4, 0.5) is 8.78 Å². The zero-order valence-electron chi connectivity index (χ0n) is 10.5. The maximum Gasteiger partial charge on any atom is 0.191 e. The van der Waals surface area contributed by atoms with Gasteiger partial charge in [0.25, 0.3) is 0 Å². The Labute approximate surface area is 116 Å². The first-order valence-electron chi connectivity index (χ1n) is 6.67. The van der Waals surface area contributed by atoms with Crippen molar-refractivity contribution >= 4 is 11.6 Å². The van der Waals surface area contributed by atoms with Gasteiger partial charge in [-0.2, -0.15) is 0 Å². The second-order valence-electron chi connectivity index (χ2n) is 5.37. The van der Waals surface area contributed by atoms with Crippen molar-refractivity contribution < 1.29 is 13.5 Å². The molecule has 1 N–H and O–H groups in total. The van der Waals surface area contributed by atoms with Crippen LogP contribution in [-0.4, -0.2) is 19.2 Å². The number of ether oxygens (including phenoxy) is 1. The molecule has 0 spiro atoms. The Bertz CT molecular complexity index is 450. The lowest BCUT2D eigenvalue weighted by molar-refractivity contribution is 0.110. The fourth-order valence-electron chi connectivity index (χ4n) is 2.74. The largest absolute Gasteiger partial charge is 0.484 e. The summed E-state index contributed by atoms with van der Waals surface area (Å²) in [6.45, 7) is 1.81. The Kier molecular flexibility index (Phi) is 3.63. The zero-order valence-corrected chi connectivity index (χ0v) is 11.2. The average molecular weight is 288 g/mol. The Morgan fingerprint density at radius 1 is 1.16 bits per heavy atom. The highest BCUT2D eigenvalue weighted by Crippen LogP contribution is 2.40. The quantitative estimate of drug-likeness (QED) is 0.916. The molecular formula is C14H16ClF2NO. The van der Waals surface area contributed by atoms with E-state index in [4.69, 9.17) is 16.3 Å². The molecule has 3 rings (SSSR count). The molecule has 0 bridgehead atoms. The third-order valence-corrected chi connectivity index (χ3v) is 4.08. The molecule has 2 nitrogen and oxygen atoms in total. The Morgan fingerprint density at radius 3 is 2.37 bits per heavy atom. The monoisotopic (exact) mass is 287 g/mol. The molecule has 0 aromatic heterocycles. The summed E-state index contributed by atoms with van der Waals surface area (Å²) in [6, 6.07) is 2.19. The van der Waals surface area contributed by atoms with Crippen LogP contribution in [0.2, 0.25) is 5.02 Å². The second kappa shape index (κ2) is 5.25. The first-order chi connectivity index (χ1) is 9.15. The minimum absolute atomic E-state index is 0.0489. The van der Waals surface area contributed by atoms with Gasteiger partial charge < -0.3 is 10.1 Å². The Balaban J connectivity index is 1.81. The van der Waals surface area contributed by atoms with E-state index in [0.717, 1.165) is 44.5 Å². The molecule has 1 unspecified atom stereocenters. The van der Waals surface area contributed by atoms with Crippen LogP contribution >= 0.6 is 11.6 Å². The van der Waals surface area contributed by atoms with Gasteiger partial charge >= 0.3 is 0 Å². The van der Waals surface area contributed by atoms with E-state index in [-0.39, 0.29) is 16.9 Å². The van der Waals surface area contributed by atoms with Gasteiger partial charge in [0, 0.05) is 17.5 Å². The van der Waals surface area contributed by atoms with Crippen molar-refractivity contribution in [1.29, 1.82) is 0 Å². The van der Waals surface area contributed by atoms with Gasteiger partial charge in [0.05, 0.1) is 0 Å². The molecule has 1 heterocycles. The molecule has 0 radical (unpaired) electrons. The van der Waals surface area contributed by atoms with Gasteiger partial charge in [-0.1, -0.05) is 11.6 Å². The number of hydrogen-bond donors (Lipinski definition) is 1. The smallest absolute Gasteiger partial charge is 0.191 e. The van der Waals surface area contributed by atoms with E-state index < -0.39 is 11.6 Å². The molecule has 2 fully saturated rings. The zero-order chi connectivity index (χ0) is 13.4. The topological polar surface area (TPSA) is 21.3 Å². The van der Waals surface area contributed by atoms with Crippen molar-refractivity contribution in [3.63, 3.8) is 0 Å². The Morgan fingerprint density at radius 2 is 1.84 bits per heavy atom. The van der Waals surface area contributed by atoms with Crippen molar-refractivity contribution in [3.05, 3.63) is 28.8 Å². The summed E-state index contributed by atoms with van der Waals surface area (Å²) >= 11 is 5.62. The van der Waals surface area contributed by atoms with Gasteiger partial charge in [-0.15, -0.1) is 0 Å². The second-order valence-corrected chi connectivity index (χ2v) is 5.81. The molecule has 1 saturated heterocycles. The molecule has 1 aliphatic heterocycles. The van der Waals surface area contributed by atoms with Crippen molar-refractivity contribution in [3.8, 4) is 5.75 Å². The number of benzene rings is 1. The Hall–Kier alpha value is -0.870. The lowest BCUT2D eigenvalue weighted by Crippen LogP contribution is -2.31. The van der Waals surface area contributed by atoms with Crippen LogP contribution in [0.25, 0.3) is 0 Å². The maximum atomic E-state index is 13.8. The molecule has 2 aliphatic rings. The van der Waals surface area contributed by atoms with Crippen LogP contribution in [0.15, 0.2) is 12.1 Å². The molecule has 5 heteroatoms. The van der Waals surface area contributed by atoms with E-state index >= 15 is 0 Å². The van der Waals surface area contributed by atoms with Gasteiger partial charge in [0.1, 0.15) is 6.10 Å². The lowest BCUT2D eigenvalue weighted by atomic mass is 9.97. The summed E-state index contributed by atoms with van der Waals surface area (Å²) in [5.74, 6) is -0.960. The minimum Gasteiger partial charge on any atom is -0.484 e. The first kappa shape index (κ1) is 13.1. The van der Waals surface area contributed by atoms with Crippen LogP contribution in [0.3, 0.4) is 0 Å². The van der Waals surface area contributed by atoms with Crippen molar-refractivity contribution in [2.75, 3.05) is 13.1 Å². The summed E-state index contributed by atoms with van der Waals surface area (Å²) in [6.07, 6.45) is 3.06. The minimum atomic E-state index is -0.721. The molecule has 1 aliphatic carbocycles. The van der Waals surface area contributed by atoms with Crippen LogP contribution in [0.1, 0.15) is 19.3 Å². The summed E-state index contributed by atoms with van der Waals surface area (Å²) in [5, 5.41) is 3.32. The van der Waals surface area contributed by atoms with E-state index in [2.05, 4.69) is 5.32 Å². The lowest BCUT2D eigenvalue weighted by Gasteiger charge is -2.24. The maximum absolute atomic E-state index is 13.8. The third kappa shape index (κ3) is 2.84. The molecule has 2 atom stereocenters. The van der Waals surface area contributed by atoms with Gasteiger partial charge in [0.2, 0.25) is 0 Å². The van der Waals surface area contributed by atoms with Crippen LogP contribution in [-0.2, 0) is 0 Å². The molecular weight excluding hydrogens is 272 g/mol. The highest BCUT2D eigenvalue weighted by molar-refractivity contribution is 6.30. The van der Waals surface area contributed by atoms with E-state index in [1.54, 1.807) is 0 Å². The number of halogens is 3. The van der Waals surface area contributed by atoms with E-state index in [1.165, 1.54) is 0 Å². The highest BCUT2D eigenvalue weighted by Gasteiger charge is 2.40. The van der Waals surface area contributed by atoms with Gasteiger partial charge in [-0.05, 0) is 43.9 Å². The molecule has 0 amide bonds. The van der Waals surface area contributed by atoms with Crippen LogP contribution < -0.4 is 10.1 Å². The number of hydrogen-bond acceptors (Lipinski definition) is 2. The molecule has 1 aromatic carbocycles. The molecule has 1 saturated carbocycles. The number of rotatable bonds is 4. The number of nitrogens with one attached hydrogen (secondary N) is 1. The molecule has 104 valence electrons. The van der Waals surface area contributed by atoms with Crippen LogP contribution in [0, 0.1) is 23.5 Å². The van der Waals surface area contributed by atoms with E-state index in [9.17, 15) is 8.78 Å². The van der Waals surface area contributed by atoms with Gasteiger partial charge in [0.15, 0.2) is 17.4 Å². The summed E-state index contributed by atoms with van der Waals surface area (Å²) < 4.78 is 33.2.